The van der Waals surface area contributed by atoms with Crippen LogP contribution in [0.3, 0.4) is 0 Å². The van der Waals surface area contributed by atoms with Gasteiger partial charge in [-0.05, 0) is 56.7 Å². The molecule has 126 valence electrons. The van der Waals surface area contributed by atoms with Crippen molar-refractivity contribution >= 4 is 0 Å². The highest BCUT2D eigenvalue weighted by Gasteiger charge is 2.44. The third-order valence-electron chi connectivity index (χ3n) is 6.13. The summed E-state index contributed by atoms with van der Waals surface area (Å²) in [4.78, 5) is 2.32. The van der Waals surface area contributed by atoms with Gasteiger partial charge in [-0.2, -0.15) is 0 Å². The maximum atomic E-state index is 2.58. The van der Waals surface area contributed by atoms with Gasteiger partial charge in [-0.25, -0.2) is 0 Å². The van der Waals surface area contributed by atoms with Gasteiger partial charge < -0.3 is 4.90 Å². The number of hydrogen-bond acceptors (Lipinski definition) is 1. The van der Waals surface area contributed by atoms with E-state index in [0.717, 1.165) is 5.92 Å². The predicted octanol–water partition coefficient (Wildman–Crippen LogP) is 5.68. The molecule has 0 heterocycles. The van der Waals surface area contributed by atoms with Crippen molar-refractivity contribution in [2.45, 2.75) is 66.2 Å². The Morgan fingerprint density at radius 3 is 2.14 bits per heavy atom. The molecule has 2 aliphatic carbocycles. The molecule has 0 aromatic carbocycles. The van der Waals surface area contributed by atoms with Crippen LogP contribution in [0.4, 0.5) is 0 Å². The van der Waals surface area contributed by atoms with Gasteiger partial charge in [0.05, 0.1) is 0 Å². The van der Waals surface area contributed by atoms with Crippen LogP contribution in [0.1, 0.15) is 66.2 Å². The van der Waals surface area contributed by atoms with Crippen molar-refractivity contribution in [3.8, 4) is 0 Å². The molecule has 1 nitrogen and oxygen atoms in total. The lowest BCUT2D eigenvalue weighted by molar-refractivity contribution is 0.198. The van der Waals surface area contributed by atoms with E-state index in [2.05, 4.69) is 58.8 Å². The average molecular weight is 304 g/mol. The van der Waals surface area contributed by atoms with Gasteiger partial charge in [0, 0.05) is 12.0 Å². The first-order valence-electron chi connectivity index (χ1n) is 9.47. The Kier molecular flexibility index (Phi) is 5.94. The molecule has 22 heavy (non-hydrogen) atoms. The van der Waals surface area contributed by atoms with Gasteiger partial charge in [-0.3, -0.25) is 0 Å². The minimum Gasteiger partial charge on any atom is -0.309 e. The summed E-state index contributed by atoms with van der Waals surface area (Å²) in [6.07, 6.45) is 13.4. The normalized spacial score (nSPS) is 22.6. The Bertz CT molecular complexity index is 411. The molecule has 0 radical (unpaired) electrons. The van der Waals surface area contributed by atoms with Crippen LogP contribution in [-0.2, 0) is 0 Å². The summed E-state index contributed by atoms with van der Waals surface area (Å²) in [5.41, 5.74) is 3.81. The zero-order valence-electron chi connectivity index (χ0n) is 15.8. The van der Waals surface area contributed by atoms with Crippen molar-refractivity contribution in [1.82, 2.24) is 4.90 Å². The van der Waals surface area contributed by atoms with Gasteiger partial charge in [-0.1, -0.05) is 64.7 Å². The van der Waals surface area contributed by atoms with Crippen LogP contribution in [0.2, 0.25) is 0 Å². The van der Waals surface area contributed by atoms with Gasteiger partial charge >= 0.3 is 0 Å². The second-order valence-electron chi connectivity index (χ2n) is 8.40. The molecular weight excluding hydrogens is 266 g/mol. The highest BCUT2D eigenvalue weighted by atomic mass is 15.0. The fourth-order valence-electron chi connectivity index (χ4n) is 4.94. The van der Waals surface area contributed by atoms with Crippen LogP contribution >= 0.6 is 0 Å². The first-order chi connectivity index (χ1) is 10.4. The fourth-order valence-corrected chi connectivity index (χ4v) is 4.94. The third-order valence-corrected chi connectivity index (χ3v) is 6.13. The Morgan fingerprint density at radius 2 is 1.64 bits per heavy atom. The standard InChI is InChI=1S/C21H37N/c1-16(2)21(17(3)4)14-12-19(13-15-22(5)6)20(21)18-10-8-7-9-11-18/h12,14,16-18H,7-11,13,15H2,1-6H3. The van der Waals surface area contributed by atoms with Crippen molar-refractivity contribution in [2.24, 2.45) is 23.2 Å². The predicted molar refractivity (Wildman–Crippen MR) is 98.0 cm³/mol. The molecule has 1 fully saturated rings. The van der Waals surface area contributed by atoms with E-state index in [4.69, 9.17) is 0 Å². The minimum atomic E-state index is 0.309. The van der Waals surface area contributed by atoms with Crippen molar-refractivity contribution < 1.29 is 0 Å². The highest BCUT2D eigenvalue weighted by Crippen LogP contribution is 2.54. The summed E-state index contributed by atoms with van der Waals surface area (Å²) < 4.78 is 0. The summed E-state index contributed by atoms with van der Waals surface area (Å²) in [6, 6.07) is 0. The summed E-state index contributed by atoms with van der Waals surface area (Å²) in [5, 5.41) is 0. The van der Waals surface area contributed by atoms with Gasteiger partial charge in [0.1, 0.15) is 0 Å². The SMILES string of the molecule is CC(C)C1(C(C)C)C=CC(CCN(C)C)=C1C1CCCCC1. The van der Waals surface area contributed by atoms with Crippen LogP contribution in [0.15, 0.2) is 23.3 Å². The Labute approximate surface area is 138 Å². The number of nitrogens with zero attached hydrogens (tertiary/aromatic N) is 1. The Hall–Kier alpha value is -0.560. The largest absolute Gasteiger partial charge is 0.309 e. The van der Waals surface area contributed by atoms with Gasteiger partial charge in [-0.15, -0.1) is 0 Å². The van der Waals surface area contributed by atoms with Crippen LogP contribution in [0.5, 0.6) is 0 Å². The number of allylic oxidation sites excluding steroid dienone is 3. The molecule has 0 bridgehead atoms. The van der Waals surface area contributed by atoms with Crippen molar-refractivity contribution in [3.63, 3.8) is 0 Å². The number of hydrogen-bond donors (Lipinski definition) is 0. The topological polar surface area (TPSA) is 3.24 Å². The van der Waals surface area contributed by atoms with Crippen LogP contribution in [0, 0.1) is 23.2 Å². The maximum absolute atomic E-state index is 2.58. The molecule has 2 aliphatic rings. The third kappa shape index (κ3) is 3.35. The molecule has 0 atom stereocenters. The van der Waals surface area contributed by atoms with E-state index in [1.807, 2.05) is 5.57 Å². The van der Waals surface area contributed by atoms with E-state index in [1.54, 1.807) is 5.57 Å². The zero-order chi connectivity index (χ0) is 16.3. The number of rotatable bonds is 6. The molecule has 0 aliphatic heterocycles. The van der Waals surface area contributed by atoms with Crippen LogP contribution < -0.4 is 0 Å². The smallest absolute Gasteiger partial charge is 0.0148 e. The Balaban J connectivity index is 2.39. The van der Waals surface area contributed by atoms with E-state index in [-0.39, 0.29) is 0 Å². The van der Waals surface area contributed by atoms with Gasteiger partial charge in [0.15, 0.2) is 0 Å². The molecule has 0 aromatic rings. The first-order valence-corrected chi connectivity index (χ1v) is 9.47. The molecule has 2 rings (SSSR count). The summed E-state index contributed by atoms with van der Waals surface area (Å²) in [5.74, 6) is 2.22. The summed E-state index contributed by atoms with van der Waals surface area (Å²) >= 11 is 0. The molecule has 0 spiro atoms. The van der Waals surface area contributed by atoms with E-state index >= 15 is 0 Å². The molecule has 0 saturated heterocycles. The quantitative estimate of drug-likeness (QED) is 0.610. The summed E-state index contributed by atoms with van der Waals surface area (Å²) in [6.45, 7) is 10.9. The molecule has 0 unspecified atom stereocenters. The molecule has 0 aromatic heterocycles. The molecular formula is C21H37N. The molecule has 1 heteroatoms. The van der Waals surface area contributed by atoms with E-state index in [9.17, 15) is 0 Å². The second-order valence-corrected chi connectivity index (χ2v) is 8.40. The van der Waals surface area contributed by atoms with E-state index < -0.39 is 0 Å². The minimum absolute atomic E-state index is 0.309. The van der Waals surface area contributed by atoms with Gasteiger partial charge in [0.2, 0.25) is 0 Å². The summed E-state index contributed by atoms with van der Waals surface area (Å²) in [7, 11) is 4.38. The maximum Gasteiger partial charge on any atom is 0.0148 e. The average Bonchev–Trinajstić information content (AvgIpc) is 2.86. The molecule has 1 saturated carbocycles. The first kappa shape index (κ1) is 17.8. The molecule has 0 N–H and O–H groups in total. The lowest BCUT2D eigenvalue weighted by Gasteiger charge is -2.44. The molecule has 0 amide bonds. The van der Waals surface area contributed by atoms with E-state index in [0.29, 0.717) is 17.3 Å². The van der Waals surface area contributed by atoms with Crippen LogP contribution in [0.25, 0.3) is 0 Å². The fraction of sp³-hybridized carbons (Fsp3) is 0.810. The van der Waals surface area contributed by atoms with Crippen molar-refractivity contribution in [3.05, 3.63) is 23.3 Å². The van der Waals surface area contributed by atoms with Crippen molar-refractivity contribution in [1.29, 1.82) is 0 Å². The van der Waals surface area contributed by atoms with Crippen molar-refractivity contribution in [2.75, 3.05) is 20.6 Å². The lowest BCUT2D eigenvalue weighted by atomic mass is 9.60. The lowest BCUT2D eigenvalue weighted by Crippen LogP contribution is -2.35. The Morgan fingerprint density at radius 1 is 1.05 bits per heavy atom. The van der Waals surface area contributed by atoms with Gasteiger partial charge in [0.25, 0.3) is 0 Å². The monoisotopic (exact) mass is 303 g/mol. The van der Waals surface area contributed by atoms with E-state index in [1.165, 1.54) is 45.1 Å². The van der Waals surface area contributed by atoms with Crippen LogP contribution in [-0.4, -0.2) is 25.5 Å². The second kappa shape index (κ2) is 7.34. The zero-order valence-corrected chi connectivity index (χ0v) is 15.8. The highest BCUT2D eigenvalue weighted by molar-refractivity contribution is 5.44.